The lowest BCUT2D eigenvalue weighted by molar-refractivity contribution is 0.0962. The molecule has 0 saturated heterocycles. The van der Waals surface area contributed by atoms with E-state index in [1.54, 1.807) is 0 Å². The largest absolute Gasteiger partial charge is 0.445 e. The summed E-state index contributed by atoms with van der Waals surface area (Å²) in [4.78, 5) is 12.8. The molecule has 3 aromatic rings. The van der Waals surface area contributed by atoms with Gasteiger partial charge < -0.3 is 20.3 Å². The zero-order valence-corrected chi connectivity index (χ0v) is 22.1. The first-order chi connectivity index (χ1) is 17.4. The number of hydrogen-bond donors (Lipinski definition) is 3. The lowest BCUT2D eigenvalue weighted by atomic mass is 9.97. The normalized spacial score (nSPS) is 23.1. The highest BCUT2D eigenvalue weighted by Crippen LogP contribution is 2.43. The number of hydrogen-bond acceptors (Lipinski definition) is 4. The first kappa shape index (κ1) is 24.7. The molecule has 1 heterocycles. The van der Waals surface area contributed by atoms with E-state index in [1.165, 1.54) is 15.9 Å². The Morgan fingerprint density at radius 2 is 1.67 bits per heavy atom. The molecule has 36 heavy (non-hydrogen) atoms. The van der Waals surface area contributed by atoms with E-state index in [4.69, 9.17) is 4.74 Å². The Morgan fingerprint density at radius 1 is 1.00 bits per heavy atom. The molecule has 3 aromatic carbocycles. The van der Waals surface area contributed by atoms with Gasteiger partial charge in [0.15, 0.2) is 0 Å². The molecule has 0 bridgehead atoms. The van der Waals surface area contributed by atoms with Crippen LogP contribution in [0, 0.1) is 11.8 Å². The molecule has 0 radical (unpaired) electrons. The van der Waals surface area contributed by atoms with Crippen LogP contribution in [0.1, 0.15) is 49.5 Å². The number of nitrogens with one attached hydrogen (secondary N) is 1. The number of ether oxygens (including phenoxy) is 1. The molecule has 5 rings (SSSR count). The van der Waals surface area contributed by atoms with Crippen molar-refractivity contribution in [2.75, 3.05) is 6.61 Å². The topological polar surface area (TPSA) is 78.8 Å². The fourth-order valence-electron chi connectivity index (χ4n) is 5.95. The molecule has 5 atom stereocenters. The summed E-state index contributed by atoms with van der Waals surface area (Å²) in [6, 6.07) is 25.9. The minimum atomic E-state index is -1.58. The van der Waals surface area contributed by atoms with Gasteiger partial charge in [0, 0.05) is 6.61 Å². The summed E-state index contributed by atoms with van der Waals surface area (Å²) in [7, 11) is -1.58. The number of benzene rings is 3. The first-order valence-electron chi connectivity index (χ1n) is 12.8. The Balaban J connectivity index is 1.38. The predicted octanol–water partition coefficient (Wildman–Crippen LogP) is 3.21. The molecule has 0 spiro atoms. The maximum Gasteiger partial charge on any atom is 0.407 e. The van der Waals surface area contributed by atoms with Crippen molar-refractivity contribution in [2.45, 2.75) is 50.5 Å². The molecule has 1 fully saturated rings. The second-order valence-corrected chi connectivity index (χ2v) is 14.4. The van der Waals surface area contributed by atoms with Crippen molar-refractivity contribution in [3.05, 3.63) is 95.6 Å². The van der Waals surface area contributed by atoms with Gasteiger partial charge in [-0.2, -0.15) is 0 Å². The molecule has 2 aliphatic rings. The van der Waals surface area contributed by atoms with Crippen LogP contribution in [-0.4, -0.2) is 37.8 Å². The van der Waals surface area contributed by atoms with E-state index < -0.39 is 27.0 Å². The molecule has 5 nitrogen and oxygen atoms in total. The Morgan fingerprint density at radius 3 is 2.39 bits per heavy atom. The van der Waals surface area contributed by atoms with Gasteiger partial charge in [0.2, 0.25) is 0 Å². The van der Waals surface area contributed by atoms with Gasteiger partial charge in [0.25, 0.3) is 0 Å². The summed E-state index contributed by atoms with van der Waals surface area (Å²) in [5.74, 6) is 0.526. The van der Waals surface area contributed by atoms with Crippen molar-refractivity contribution in [3.63, 3.8) is 0 Å². The highest BCUT2D eigenvalue weighted by atomic mass is 28.3. The van der Waals surface area contributed by atoms with E-state index in [-0.39, 0.29) is 30.1 Å². The van der Waals surface area contributed by atoms with Crippen LogP contribution in [0.15, 0.2) is 78.9 Å². The third-order valence-electron chi connectivity index (χ3n) is 8.07. The van der Waals surface area contributed by atoms with Gasteiger partial charge in [-0.15, -0.1) is 0 Å². The molecular weight excluding hydrogens is 466 g/mol. The number of rotatable bonds is 9. The van der Waals surface area contributed by atoms with Crippen LogP contribution in [0.3, 0.4) is 0 Å². The summed E-state index contributed by atoms with van der Waals surface area (Å²) in [5.41, 5.74) is 3.20. The number of amides is 1. The van der Waals surface area contributed by atoms with Crippen LogP contribution in [0.5, 0.6) is 0 Å². The van der Waals surface area contributed by atoms with Gasteiger partial charge in [-0.1, -0.05) is 103 Å². The molecular formula is C30H35NO4Si. The smallest absolute Gasteiger partial charge is 0.407 e. The van der Waals surface area contributed by atoms with Gasteiger partial charge in [0.05, 0.1) is 12.1 Å². The molecule has 1 aliphatic heterocycles. The van der Waals surface area contributed by atoms with Crippen LogP contribution in [-0.2, 0) is 16.4 Å². The molecule has 3 N–H and O–H groups in total. The van der Waals surface area contributed by atoms with Crippen molar-refractivity contribution < 1.29 is 19.7 Å². The fraction of sp³-hybridized carbons (Fsp3) is 0.367. The van der Waals surface area contributed by atoms with Gasteiger partial charge >= 0.3 is 6.09 Å². The van der Waals surface area contributed by atoms with Gasteiger partial charge in [-0.25, -0.2) is 4.79 Å². The number of alkyl carbamates (subject to hydrolysis) is 1. The fourth-order valence-corrected chi connectivity index (χ4v) is 10.2. The monoisotopic (exact) mass is 501 g/mol. The summed E-state index contributed by atoms with van der Waals surface area (Å²) < 4.78 is 5.49. The summed E-state index contributed by atoms with van der Waals surface area (Å²) in [6.07, 6.45) is 0.127. The number of carbonyl (C=O) groups excluding carboxylic acids is 1. The van der Waals surface area contributed by atoms with Crippen LogP contribution in [0.4, 0.5) is 4.79 Å². The summed E-state index contributed by atoms with van der Waals surface area (Å²) >= 11 is 0. The number of aliphatic hydroxyl groups is 2. The zero-order chi connectivity index (χ0) is 25.3. The van der Waals surface area contributed by atoms with Crippen LogP contribution in [0.2, 0.25) is 0 Å². The predicted molar refractivity (Wildman–Crippen MR) is 144 cm³/mol. The SMILES string of the molecule is CC1(C)c2ccccc2[SiH]1c1ccccc1C(O)C(CC1CC1CO)NC(=O)OCc1ccccc1. The van der Waals surface area contributed by atoms with Crippen LogP contribution < -0.4 is 15.7 Å². The highest BCUT2D eigenvalue weighted by molar-refractivity contribution is 6.92. The van der Waals surface area contributed by atoms with Gasteiger partial charge in [0.1, 0.15) is 15.4 Å². The van der Waals surface area contributed by atoms with Crippen LogP contribution in [0.25, 0.3) is 0 Å². The average Bonchev–Trinajstić information content (AvgIpc) is 3.65. The Bertz CT molecular complexity index is 1210. The lowest BCUT2D eigenvalue weighted by Gasteiger charge is -2.47. The van der Waals surface area contributed by atoms with E-state index >= 15 is 0 Å². The standard InChI is InChI=1S/C30H35NO4Si/c1-30(2)24-13-7-9-15-27(24)36(30)26-14-8-6-12-23(26)28(33)25(17-21-16-22(21)18-32)31-29(34)35-19-20-10-4-3-5-11-20/h3-15,21-22,25,28,32-33,36H,16-19H2,1-2H3,(H,31,34). The number of carbonyl (C=O) groups is 1. The Labute approximate surface area is 214 Å². The summed E-state index contributed by atoms with van der Waals surface area (Å²) in [5, 5.41) is 27.0. The van der Waals surface area contributed by atoms with Crippen molar-refractivity contribution >= 4 is 25.3 Å². The minimum absolute atomic E-state index is 0.0857. The number of aliphatic hydroxyl groups excluding tert-OH is 2. The van der Waals surface area contributed by atoms with E-state index in [2.05, 4.69) is 55.6 Å². The van der Waals surface area contributed by atoms with E-state index in [0.717, 1.165) is 17.5 Å². The highest BCUT2D eigenvalue weighted by Gasteiger charge is 2.48. The van der Waals surface area contributed by atoms with Gasteiger partial charge in [-0.3, -0.25) is 0 Å². The molecule has 188 valence electrons. The lowest BCUT2D eigenvalue weighted by Crippen LogP contribution is -2.68. The van der Waals surface area contributed by atoms with Crippen LogP contribution >= 0.6 is 0 Å². The minimum Gasteiger partial charge on any atom is -0.445 e. The van der Waals surface area contributed by atoms with E-state index in [0.29, 0.717) is 6.42 Å². The Hall–Kier alpha value is -2.93. The van der Waals surface area contributed by atoms with E-state index in [1.807, 2.05) is 42.5 Å². The number of fused-ring (bicyclic) bond motifs is 1. The third kappa shape index (κ3) is 4.85. The average molecular weight is 502 g/mol. The summed E-state index contributed by atoms with van der Waals surface area (Å²) in [6.45, 7) is 4.93. The zero-order valence-electron chi connectivity index (χ0n) is 20.9. The molecule has 5 unspecified atom stereocenters. The first-order valence-corrected chi connectivity index (χ1v) is 14.6. The second-order valence-electron chi connectivity index (χ2n) is 10.8. The van der Waals surface area contributed by atoms with Crippen molar-refractivity contribution in [2.24, 2.45) is 11.8 Å². The maximum absolute atomic E-state index is 12.8. The second kappa shape index (κ2) is 10.2. The Kier molecular flexibility index (Phi) is 7.02. The maximum atomic E-state index is 12.8. The van der Waals surface area contributed by atoms with Crippen molar-refractivity contribution in [1.82, 2.24) is 5.32 Å². The van der Waals surface area contributed by atoms with Crippen molar-refractivity contribution in [3.8, 4) is 0 Å². The molecule has 6 heteroatoms. The molecule has 1 amide bonds. The molecule has 1 aliphatic carbocycles. The quantitative estimate of drug-likeness (QED) is 0.394. The van der Waals surface area contributed by atoms with Gasteiger partial charge in [-0.05, 0) is 46.4 Å². The van der Waals surface area contributed by atoms with E-state index in [9.17, 15) is 15.0 Å². The third-order valence-corrected chi connectivity index (χ3v) is 12.1. The molecule has 0 aromatic heterocycles. The molecule has 1 saturated carbocycles. The van der Waals surface area contributed by atoms with Crippen molar-refractivity contribution in [1.29, 1.82) is 0 Å².